The fourth-order valence-corrected chi connectivity index (χ4v) is 5.45. The summed E-state index contributed by atoms with van der Waals surface area (Å²) in [4.78, 5) is 0. The van der Waals surface area contributed by atoms with Crippen LogP contribution < -0.4 is 4.74 Å². The molecule has 0 spiro atoms. The summed E-state index contributed by atoms with van der Waals surface area (Å²) in [5.41, 5.74) is 3.06. The van der Waals surface area contributed by atoms with Gasteiger partial charge in [0.25, 0.3) is 0 Å². The van der Waals surface area contributed by atoms with Gasteiger partial charge in [-0.3, -0.25) is 0 Å². The maximum Gasteiger partial charge on any atom is 0.120 e. The number of ether oxygens (including phenoxy) is 1. The lowest BCUT2D eigenvalue weighted by Crippen LogP contribution is -2.38. The van der Waals surface area contributed by atoms with Crippen molar-refractivity contribution in [2.45, 2.75) is 91.6 Å². The maximum absolute atomic E-state index is 6.56. The largest absolute Gasteiger partial charge is 0.488 e. The Hall–Kier alpha value is -0.980. The van der Waals surface area contributed by atoms with Crippen LogP contribution >= 0.6 is 0 Å². The molecule has 0 N–H and O–H groups in total. The molecule has 1 heteroatoms. The third-order valence-corrected chi connectivity index (χ3v) is 6.93. The molecule has 0 aliphatic heterocycles. The van der Waals surface area contributed by atoms with Crippen molar-refractivity contribution in [2.24, 2.45) is 23.7 Å². The van der Waals surface area contributed by atoms with Gasteiger partial charge in [-0.2, -0.15) is 0 Å². The monoisotopic (exact) mass is 342 g/mol. The minimum absolute atomic E-state index is 0.0534. The number of rotatable bonds is 5. The van der Waals surface area contributed by atoms with Crippen LogP contribution in [0.25, 0.3) is 0 Å². The molecule has 0 heterocycles. The molecule has 0 amide bonds. The van der Waals surface area contributed by atoms with Gasteiger partial charge in [-0.05, 0) is 86.0 Å². The van der Waals surface area contributed by atoms with Crippen LogP contribution in [0.5, 0.6) is 5.75 Å². The zero-order valence-corrected chi connectivity index (χ0v) is 17.3. The topological polar surface area (TPSA) is 9.23 Å². The molecule has 2 aliphatic rings. The van der Waals surface area contributed by atoms with Crippen LogP contribution in [0.2, 0.25) is 0 Å². The molecule has 0 saturated heterocycles. The first-order valence-electron chi connectivity index (χ1n) is 10.6. The van der Waals surface area contributed by atoms with E-state index in [1.54, 1.807) is 5.56 Å². The highest BCUT2D eigenvalue weighted by Crippen LogP contribution is 2.47. The van der Waals surface area contributed by atoms with Crippen molar-refractivity contribution in [1.29, 1.82) is 0 Å². The van der Waals surface area contributed by atoms with E-state index in [-0.39, 0.29) is 5.60 Å². The molecule has 2 atom stereocenters. The lowest BCUT2D eigenvalue weighted by atomic mass is 9.78. The van der Waals surface area contributed by atoms with Gasteiger partial charge in [-0.1, -0.05) is 53.0 Å². The molecule has 1 aromatic carbocycles. The Morgan fingerprint density at radius 2 is 1.64 bits per heavy atom. The number of benzene rings is 1. The van der Waals surface area contributed by atoms with E-state index in [1.165, 1.54) is 44.1 Å². The third-order valence-electron chi connectivity index (χ3n) is 6.93. The van der Waals surface area contributed by atoms with Crippen molar-refractivity contribution in [2.75, 3.05) is 0 Å². The number of hydrogen-bond donors (Lipinski definition) is 0. The average Bonchev–Trinajstić information content (AvgIpc) is 2.94. The highest BCUT2D eigenvalue weighted by molar-refractivity contribution is 5.42. The summed E-state index contributed by atoms with van der Waals surface area (Å²) in [7, 11) is 0. The molecular formula is C24H38O. The molecule has 2 aliphatic carbocycles. The zero-order chi connectivity index (χ0) is 18.2. The minimum atomic E-state index is -0.0534. The van der Waals surface area contributed by atoms with E-state index in [9.17, 15) is 0 Å². The van der Waals surface area contributed by atoms with Crippen LogP contribution in [0.1, 0.15) is 90.7 Å². The van der Waals surface area contributed by atoms with Crippen LogP contribution in [0.15, 0.2) is 18.2 Å². The summed E-state index contributed by atoms with van der Waals surface area (Å²) in [5.74, 6) is 4.71. The fourth-order valence-electron chi connectivity index (χ4n) is 5.45. The first-order valence-corrected chi connectivity index (χ1v) is 10.6. The molecule has 0 aromatic heterocycles. The van der Waals surface area contributed by atoms with E-state index in [4.69, 9.17) is 4.74 Å². The van der Waals surface area contributed by atoms with Gasteiger partial charge in [0, 0.05) is 0 Å². The highest BCUT2D eigenvalue weighted by Gasteiger charge is 2.37. The Bertz CT molecular complexity index is 578. The van der Waals surface area contributed by atoms with Crippen molar-refractivity contribution in [1.82, 2.24) is 0 Å². The number of fused-ring (bicyclic) bond motifs is 1. The summed E-state index contributed by atoms with van der Waals surface area (Å²) in [5, 5.41) is 0. The van der Waals surface area contributed by atoms with Gasteiger partial charge in [0.15, 0.2) is 0 Å². The third kappa shape index (κ3) is 3.91. The first-order chi connectivity index (χ1) is 11.8. The first kappa shape index (κ1) is 18.8. The number of hydrogen-bond acceptors (Lipinski definition) is 1. The smallest absolute Gasteiger partial charge is 0.120 e. The summed E-state index contributed by atoms with van der Waals surface area (Å²) in [6.07, 6.45) is 8.00. The van der Waals surface area contributed by atoms with Gasteiger partial charge < -0.3 is 4.74 Å². The second kappa shape index (κ2) is 7.33. The van der Waals surface area contributed by atoms with Gasteiger partial charge >= 0.3 is 0 Å². The molecule has 0 radical (unpaired) electrons. The summed E-state index contributed by atoms with van der Waals surface area (Å²) >= 11 is 0. The van der Waals surface area contributed by atoms with Gasteiger partial charge in [0.1, 0.15) is 11.4 Å². The van der Waals surface area contributed by atoms with Crippen molar-refractivity contribution < 1.29 is 4.74 Å². The van der Waals surface area contributed by atoms with E-state index >= 15 is 0 Å². The van der Waals surface area contributed by atoms with Crippen LogP contribution in [0.3, 0.4) is 0 Å². The predicted molar refractivity (Wildman–Crippen MR) is 107 cm³/mol. The Morgan fingerprint density at radius 3 is 2.24 bits per heavy atom. The lowest BCUT2D eigenvalue weighted by Gasteiger charge is -2.37. The second-order valence-corrected chi connectivity index (χ2v) is 9.78. The molecular weight excluding hydrogens is 304 g/mol. The summed E-state index contributed by atoms with van der Waals surface area (Å²) in [6, 6.07) is 6.97. The molecule has 3 rings (SSSR count). The van der Waals surface area contributed by atoms with Crippen LogP contribution in [-0.4, -0.2) is 5.60 Å². The molecule has 1 aromatic rings. The molecule has 1 fully saturated rings. The van der Waals surface area contributed by atoms with Gasteiger partial charge in [-0.15, -0.1) is 0 Å². The molecule has 25 heavy (non-hydrogen) atoms. The Labute approximate surface area is 155 Å². The van der Waals surface area contributed by atoms with E-state index < -0.39 is 0 Å². The predicted octanol–water partition coefficient (Wildman–Crippen LogP) is 6.99. The fraction of sp³-hybridized carbons (Fsp3) is 0.750. The molecule has 1 saturated carbocycles. The van der Waals surface area contributed by atoms with Crippen molar-refractivity contribution in [3.05, 3.63) is 29.3 Å². The van der Waals surface area contributed by atoms with Crippen molar-refractivity contribution in [3.63, 3.8) is 0 Å². The van der Waals surface area contributed by atoms with E-state index in [0.717, 1.165) is 17.6 Å². The molecule has 0 bridgehead atoms. The normalized spacial score (nSPS) is 24.8. The Balaban J connectivity index is 1.79. The zero-order valence-electron chi connectivity index (χ0n) is 17.3. The van der Waals surface area contributed by atoms with Crippen LogP contribution in [0, 0.1) is 23.7 Å². The Kier molecular flexibility index (Phi) is 5.51. The highest BCUT2D eigenvalue weighted by atomic mass is 16.5. The quantitative estimate of drug-likeness (QED) is 0.560. The van der Waals surface area contributed by atoms with Crippen LogP contribution in [0.4, 0.5) is 0 Å². The molecule has 140 valence electrons. The Morgan fingerprint density at radius 1 is 0.960 bits per heavy atom. The average molecular weight is 343 g/mol. The second-order valence-electron chi connectivity index (χ2n) is 9.78. The van der Waals surface area contributed by atoms with E-state index in [2.05, 4.69) is 59.7 Å². The van der Waals surface area contributed by atoms with E-state index in [0.29, 0.717) is 17.8 Å². The standard InChI is InChI=1S/C24H38O/c1-16(2)22-15-18-14-20(12-13-21(18)23(22)17(3)4)25-24(5,6)19-10-8-7-9-11-19/h12-14,16-17,19,22-23H,7-11,15H2,1-6H3. The summed E-state index contributed by atoms with van der Waals surface area (Å²) < 4.78 is 6.56. The van der Waals surface area contributed by atoms with Gasteiger partial charge in [0.2, 0.25) is 0 Å². The van der Waals surface area contributed by atoms with E-state index in [1.807, 2.05) is 0 Å². The minimum Gasteiger partial charge on any atom is -0.488 e. The SMILES string of the molecule is CC(C)C1Cc2cc(OC(C)(C)C3CCCCC3)ccc2C1C(C)C. The molecule has 2 unspecified atom stereocenters. The van der Waals surface area contributed by atoms with Gasteiger partial charge in [-0.25, -0.2) is 0 Å². The van der Waals surface area contributed by atoms with Crippen molar-refractivity contribution in [3.8, 4) is 5.75 Å². The lowest BCUT2D eigenvalue weighted by molar-refractivity contribution is 0.0252. The molecule has 1 nitrogen and oxygen atoms in total. The van der Waals surface area contributed by atoms with Crippen molar-refractivity contribution >= 4 is 0 Å². The van der Waals surface area contributed by atoms with Gasteiger partial charge in [0.05, 0.1) is 0 Å². The van der Waals surface area contributed by atoms with Crippen LogP contribution in [-0.2, 0) is 6.42 Å². The maximum atomic E-state index is 6.56. The summed E-state index contributed by atoms with van der Waals surface area (Å²) in [6.45, 7) is 14.1.